The van der Waals surface area contributed by atoms with Crippen LogP contribution in [0.2, 0.25) is 0 Å². The number of imide groups is 1. The highest BCUT2D eigenvalue weighted by Gasteiger charge is 2.41. The lowest BCUT2D eigenvalue weighted by atomic mass is 10.1. The number of cyclic esters (lactones) is 1. The largest absolute Gasteiger partial charge is 0.464 e. The fourth-order valence-electron chi connectivity index (χ4n) is 2.32. The normalized spacial score (nSPS) is 19.7. The van der Waals surface area contributed by atoms with Gasteiger partial charge in [-0.2, -0.15) is 0 Å². The van der Waals surface area contributed by atoms with Crippen molar-refractivity contribution in [2.24, 2.45) is 0 Å². The molecular weight excluding hydrogens is 389 g/mol. The van der Waals surface area contributed by atoms with Crippen molar-refractivity contribution in [1.82, 2.24) is 4.90 Å². The maximum atomic E-state index is 12.5. The van der Waals surface area contributed by atoms with Crippen molar-refractivity contribution in [2.45, 2.75) is 6.29 Å². The molecule has 2 heterocycles. The number of rotatable bonds is 4. The number of nitrogens with zero attached hydrogens (tertiary/aromatic N) is 1. The van der Waals surface area contributed by atoms with Crippen LogP contribution in [0, 0.1) is 0 Å². The first-order chi connectivity index (χ1) is 12.4. The average molecular weight is 398 g/mol. The summed E-state index contributed by atoms with van der Waals surface area (Å²) in [4.78, 5) is 49.0. The minimum atomic E-state index is -1.41. The fourth-order valence-corrected chi connectivity index (χ4v) is 2.63. The highest BCUT2D eigenvalue weighted by atomic mass is 35.5. The van der Waals surface area contributed by atoms with E-state index in [9.17, 15) is 19.2 Å². The van der Waals surface area contributed by atoms with Gasteiger partial charge in [-0.25, -0.2) is 14.5 Å². The van der Waals surface area contributed by atoms with Crippen molar-refractivity contribution < 1.29 is 33.4 Å². The van der Waals surface area contributed by atoms with E-state index >= 15 is 0 Å². The molecule has 1 atom stereocenters. The van der Waals surface area contributed by atoms with E-state index < -0.39 is 35.7 Å². The first kappa shape index (κ1) is 18.0. The Labute approximate surface area is 156 Å². The number of carbonyl (C=O) groups excluding carboxylic acids is 4. The van der Waals surface area contributed by atoms with Crippen LogP contribution in [0.4, 0.5) is 0 Å². The number of carbonyl (C=O) groups is 4. The topological polar surface area (TPSA) is 99.2 Å². The molecule has 3 rings (SSSR count). The van der Waals surface area contributed by atoms with Gasteiger partial charge in [-0.15, -0.1) is 0 Å². The van der Waals surface area contributed by atoms with Gasteiger partial charge in [0.2, 0.25) is 0 Å². The van der Waals surface area contributed by atoms with Crippen molar-refractivity contribution in [2.75, 3.05) is 7.11 Å². The summed E-state index contributed by atoms with van der Waals surface area (Å²) in [7, 11) is 1.06. The van der Waals surface area contributed by atoms with Gasteiger partial charge in [0.05, 0.1) is 18.2 Å². The summed E-state index contributed by atoms with van der Waals surface area (Å²) >= 11 is 11.4. The van der Waals surface area contributed by atoms with Gasteiger partial charge < -0.3 is 14.2 Å². The van der Waals surface area contributed by atoms with E-state index in [1.807, 2.05) is 0 Å². The molecule has 0 fully saturated rings. The zero-order valence-corrected chi connectivity index (χ0v) is 14.5. The van der Waals surface area contributed by atoms with Crippen molar-refractivity contribution in [3.05, 3.63) is 57.4 Å². The number of hydrogen-bond acceptors (Lipinski definition) is 7. The van der Waals surface area contributed by atoms with Gasteiger partial charge in [0.25, 0.3) is 18.1 Å². The zero-order valence-electron chi connectivity index (χ0n) is 13.0. The van der Waals surface area contributed by atoms with Crippen LogP contribution >= 0.6 is 23.2 Å². The van der Waals surface area contributed by atoms with Gasteiger partial charge in [0, 0.05) is 0 Å². The number of benzene rings is 1. The molecule has 0 saturated heterocycles. The van der Waals surface area contributed by atoms with Gasteiger partial charge in [0.1, 0.15) is 16.3 Å². The van der Waals surface area contributed by atoms with Crippen LogP contribution in [0.5, 0.6) is 0 Å². The van der Waals surface area contributed by atoms with Crippen molar-refractivity contribution in [3.63, 3.8) is 0 Å². The smallest absolute Gasteiger partial charge is 0.358 e. The third-order valence-corrected chi connectivity index (χ3v) is 4.36. The summed E-state index contributed by atoms with van der Waals surface area (Å²) in [5.41, 5.74) is -0.261. The number of ether oxygens (including phenoxy) is 3. The Morgan fingerprint density at radius 1 is 1.15 bits per heavy atom. The van der Waals surface area contributed by atoms with E-state index in [4.69, 9.17) is 32.7 Å². The Morgan fingerprint density at radius 3 is 2.19 bits per heavy atom. The maximum absolute atomic E-state index is 12.5. The van der Waals surface area contributed by atoms with E-state index in [1.165, 1.54) is 12.1 Å². The van der Waals surface area contributed by atoms with E-state index in [2.05, 4.69) is 4.74 Å². The van der Waals surface area contributed by atoms with Crippen LogP contribution < -0.4 is 0 Å². The van der Waals surface area contributed by atoms with E-state index in [1.54, 1.807) is 12.1 Å². The molecule has 2 aliphatic rings. The molecule has 2 aliphatic heterocycles. The Hall–Kier alpha value is -2.84. The summed E-state index contributed by atoms with van der Waals surface area (Å²) in [6, 6.07) is 6.05. The lowest BCUT2D eigenvalue weighted by molar-refractivity contribution is -0.152. The van der Waals surface area contributed by atoms with Crippen LogP contribution in [0.1, 0.15) is 20.7 Å². The number of amides is 2. The van der Waals surface area contributed by atoms with Crippen LogP contribution in [0.25, 0.3) is 0 Å². The number of fused-ring (bicyclic) bond motifs is 1. The molecule has 0 aliphatic carbocycles. The first-order valence-corrected chi connectivity index (χ1v) is 7.80. The molecule has 1 aromatic rings. The second-order valence-corrected chi connectivity index (χ2v) is 5.81. The minimum absolute atomic E-state index is 0.126. The molecule has 1 aromatic carbocycles. The molecule has 0 bridgehead atoms. The van der Waals surface area contributed by atoms with E-state index in [0.29, 0.717) is 4.90 Å². The maximum Gasteiger partial charge on any atom is 0.358 e. The summed E-state index contributed by atoms with van der Waals surface area (Å²) < 4.78 is 14.5. The number of halogens is 2. The van der Waals surface area contributed by atoms with Crippen molar-refractivity contribution in [1.29, 1.82) is 0 Å². The van der Waals surface area contributed by atoms with Gasteiger partial charge in [-0.3, -0.25) is 9.59 Å². The lowest BCUT2D eigenvalue weighted by Gasteiger charge is -2.17. The molecule has 0 aromatic heterocycles. The Morgan fingerprint density at radius 2 is 1.73 bits per heavy atom. The molecule has 26 heavy (non-hydrogen) atoms. The molecule has 2 amide bonds. The highest BCUT2D eigenvalue weighted by molar-refractivity contribution is 6.48. The van der Waals surface area contributed by atoms with E-state index in [0.717, 1.165) is 13.4 Å². The SMILES string of the molecule is COC(=O)/C(=C/OC1OC(=O)C(Cl)=C1Cl)N1C(=O)c2ccccc2C1=O. The van der Waals surface area contributed by atoms with Gasteiger partial charge in [-0.1, -0.05) is 35.3 Å². The number of esters is 2. The molecule has 0 radical (unpaired) electrons. The van der Waals surface area contributed by atoms with Gasteiger partial charge in [0.15, 0.2) is 5.70 Å². The van der Waals surface area contributed by atoms with Crippen LogP contribution in [0.15, 0.2) is 46.3 Å². The molecule has 1 unspecified atom stereocenters. The molecule has 0 saturated carbocycles. The summed E-state index contributed by atoms with van der Waals surface area (Å²) in [6.45, 7) is 0. The lowest BCUT2D eigenvalue weighted by Crippen LogP contribution is -2.34. The quantitative estimate of drug-likeness (QED) is 0.331. The van der Waals surface area contributed by atoms with Crippen molar-refractivity contribution in [3.8, 4) is 0 Å². The van der Waals surface area contributed by atoms with Crippen molar-refractivity contribution >= 4 is 47.0 Å². The molecule has 0 N–H and O–H groups in total. The second-order valence-electron chi connectivity index (χ2n) is 5.02. The Kier molecular flexibility index (Phi) is 4.71. The third-order valence-electron chi connectivity index (χ3n) is 3.54. The Bertz CT molecular complexity index is 871. The molecular formula is C16H9Cl2NO7. The average Bonchev–Trinajstić information content (AvgIpc) is 3.04. The monoisotopic (exact) mass is 397 g/mol. The summed E-state index contributed by atoms with van der Waals surface area (Å²) in [5.74, 6) is -3.38. The molecule has 8 nitrogen and oxygen atoms in total. The van der Waals surface area contributed by atoms with Gasteiger partial charge in [-0.05, 0) is 12.1 Å². The van der Waals surface area contributed by atoms with E-state index in [-0.39, 0.29) is 21.2 Å². The number of methoxy groups -OCH3 is 1. The van der Waals surface area contributed by atoms with Crippen LogP contribution in [-0.2, 0) is 23.8 Å². The zero-order chi connectivity index (χ0) is 19.0. The summed E-state index contributed by atoms with van der Waals surface area (Å²) in [5, 5.41) is -0.607. The van der Waals surface area contributed by atoms with Gasteiger partial charge >= 0.3 is 11.9 Å². The Balaban J connectivity index is 1.93. The molecule has 134 valence electrons. The second kappa shape index (κ2) is 6.81. The molecule has 0 spiro atoms. The predicted octanol–water partition coefficient (Wildman–Crippen LogP) is 1.89. The fraction of sp³-hybridized carbons (Fsp3) is 0.125. The standard InChI is InChI=1S/C16H9Cl2NO7/c1-24-14(22)9(6-25-16-11(18)10(17)15(23)26-16)19-12(20)7-4-2-3-5-8(7)13(19)21/h2-6,16H,1H3/b9-6-. The predicted molar refractivity (Wildman–Crippen MR) is 86.7 cm³/mol. The first-order valence-electron chi connectivity index (χ1n) is 7.04. The molecule has 10 heteroatoms. The van der Waals surface area contributed by atoms with Crippen LogP contribution in [-0.4, -0.2) is 42.1 Å². The third kappa shape index (κ3) is 2.83. The minimum Gasteiger partial charge on any atom is -0.464 e. The number of hydrogen-bond donors (Lipinski definition) is 0. The summed E-state index contributed by atoms with van der Waals surface area (Å²) in [6.07, 6.45) is -0.657. The highest BCUT2D eigenvalue weighted by Crippen LogP contribution is 2.31. The van der Waals surface area contributed by atoms with Crippen LogP contribution in [0.3, 0.4) is 0 Å².